The number of benzene rings is 2. The van der Waals surface area contributed by atoms with Crippen LogP contribution in [-0.4, -0.2) is 33.4 Å². The third-order valence-electron chi connectivity index (χ3n) is 6.05. The maximum Gasteiger partial charge on any atom is 0.228 e. The van der Waals surface area contributed by atoms with E-state index in [1.54, 1.807) is 18.3 Å². The Kier molecular flexibility index (Phi) is 4.02. The first-order chi connectivity index (χ1) is 15.2. The summed E-state index contributed by atoms with van der Waals surface area (Å²) in [6.45, 7) is 1.93. The van der Waals surface area contributed by atoms with Crippen LogP contribution in [0.5, 0.6) is 0 Å². The lowest BCUT2D eigenvalue weighted by Crippen LogP contribution is -2.19. The minimum atomic E-state index is -0.282. The topological polar surface area (TPSA) is 62.5 Å². The first-order valence-corrected chi connectivity index (χ1v) is 10.5. The largest absolute Gasteiger partial charge is 0.354 e. The highest BCUT2D eigenvalue weighted by molar-refractivity contribution is 6.00. The summed E-state index contributed by atoms with van der Waals surface area (Å²) >= 11 is 0. The maximum atomic E-state index is 13.6. The summed E-state index contributed by atoms with van der Waals surface area (Å²) in [4.78, 5) is 23.8. The summed E-state index contributed by atoms with van der Waals surface area (Å²) in [5.41, 5.74) is 6.08. The molecule has 31 heavy (non-hydrogen) atoms. The first kappa shape index (κ1) is 18.1. The van der Waals surface area contributed by atoms with E-state index in [-0.39, 0.29) is 11.7 Å². The average molecular weight is 413 g/mol. The van der Waals surface area contributed by atoms with Crippen molar-refractivity contribution in [1.82, 2.24) is 14.4 Å². The molecule has 6 nitrogen and oxygen atoms in total. The van der Waals surface area contributed by atoms with Gasteiger partial charge in [-0.15, -0.1) is 0 Å². The molecule has 7 heteroatoms. The van der Waals surface area contributed by atoms with Gasteiger partial charge < -0.3 is 10.2 Å². The van der Waals surface area contributed by atoms with Crippen molar-refractivity contribution in [1.29, 1.82) is 0 Å². The number of hydrogen-bond acceptors (Lipinski definition) is 4. The lowest BCUT2D eigenvalue weighted by Gasteiger charge is -2.16. The molecule has 0 spiro atoms. The minimum Gasteiger partial charge on any atom is -0.354 e. The van der Waals surface area contributed by atoms with Gasteiger partial charge >= 0.3 is 0 Å². The van der Waals surface area contributed by atoms with Crippen molar-refractivity contribution in [2.75, 3.05) is 23.3 Å². The van der Waals surface area contributed by atoms with E-state index >= 15 is 0 Å². The van der Waals surface area contributed by atoms with Crippen molar-refractivity contribution < 1.29 is 9.18 Å². The van der Waals surface area contributed by atoms with E-state index in [1.807, 2.05) is 24.4 Å². The SMILES string of the molecule is O=C1Cc2cc(-c3c(-c4ccc(F)cc4)nc4c(N5CCCC5)nccn34)ccc2N1. The van der Waals surface area contributed by atoms with Crippen molar-refractivity contribution >= 4 is 23.1 Å². The number of nitrogens with zero attached hydrogens (tertiary/aromatic N) is 4. The highest BCUT2D eigenvalue weighted by Gasteiger charge is 2.24. The quantitative estimate of drug-likeness (QED) is 0.544. The van der Waals surface area contributed by atoms with Crippen LogP contribution in [0.1, 0.15) is 18.4 Å². The van der Waals surface area contributed by atoms with E-state index in [1.165, 1.54) is 12.1 Å². The number of rotatable bonds is 3. The Morgan fingerprint density at radius 2 is 1.77 bits per heavy atom. The number of aromatic nitrogens is 3. The van der Waals surface area contributed by atoms with E-state index in [9.17, 15) is 9.18 Å². The molecule has 2 aliphatic heterocycles. The molecular formula is C24H20FN5O. The number of nitrogens with one attached hydrogen (secondary N) is 1. The molecule has 1 fully saturated rings. The lowest BCUT2D eigenvalue weighted by molar-refractivity contribution is -0.115. The van der Waals surface area contributed by atoms with Gasteiger partial charge in [-0.2, -0.15) is 0 Å². The van der Waals surface area contributed by atoms with Gasteiger partial charge in [-0.3, -0.25) is 9.20 Å². The number of anilines is 2. The fourth-order valence-electron chi connectivity index (χ4n) is 4.58. The minimum absolute atomic E-state index is 0.00423. The number of carbonyl (C=O) groups is 1. The zero-order valence-electron chi connectivity index (χ0n) is 16.8. The van der Waals surface area contributed by atoms with Crippen LogP contribution in [-0.2, 0) is 11.2 Å². The summed E-state index contributed by atoms with van der Waals surface area (Å²) in [5.74, 6) is 0.591. The maximum absolute atomic E-state index is 13.6. The van der Waals surface area contributed by atoms with Gasteiger partial charge in [0.25, 0.3) is 0 Å². The number of imidazole rings is 1. The monoisotopic (exact) mass is 413 g/mol. The van der Waals surface area contributed by atoms with E-state index in [0.29, 0.717) is 6.42 Å². The fraction of sp³-hybridized carbons (Fsp3) is 0.208. The molecule has 0 aliphatic carbocycles. The molecular weight excluding hydrogens is 393 g/mol. The standard InChI is InChI=1S/C24H20FN5O/c25-18-6-3-15(4-7-18)21-22(16-5-8-19-17(13-16)14-20(31)27-19)30-12-9-26-23(24(30)28-21)29-10-1-2-11-29/h3-9,12-13H,1-2,10-11,14H2,(H,27,31). The van der Waals surface area contributed by atoms with Gasteiger partial charge in [-0.25, -0.2) is 14.4 Å². The van der Waals surface area contributed by atoms with Crippen molar-refractivity contribution in [3.63, 3.8) is 0 Å². The third-order valence-corrected chi connectivity index (χ3v) is 6.05. The Bertz CT molecular complexity index is 1320. The molecule has 1 amide bonds. The number of carbonyl (C=O) groups excluding carboxylic acids is 1. The zero-order valence-corrected chi connectivity index (χ0v) is 16.8. The van der Waals surface area contributed by atoms with Crippen LogP contribution in [0.2, 0.25) is 0 Å². The summed E-state index contributed by atoms with van der Waals surface area (Å²) in [6.07, 6.45) is 6.38. The van der Waals surface area contributed by atoms with Crippen molar-refractivity contribution in [2.45, 2.75) is 19.3 Å². The molecule has 0 saturated carbocycles. The van der Waals surface area contributed by atoms with E-state index in [4.69, 9.17) is 4.98 Å². The lowest BCUT2D eigenvalue weighted by atomic mass is 10.0. The van der Waals surface area contributed by atoms with Crippen molar-refractivity contribution in [3.05, 3.63) is 66.2 Å². The molecule has 2 aromatic heterocycles. The second-order valence-electron chi connectivity index (χ2n) is 8.05. The fourth-order valence-corrected chi connectivity index (χ4v) is 4.58. The Balaban J connectivity index is 1.60. The van der Waals surface area contributed by atoms with Crippen LogP contribution < -0.4 is 10.2 Å². The predicted molar refractivity (Wildman–Crippen MR) is 118 cm³/mol. The number of halogens is 1. The smallest absolute Gasteiger partial charge is 0.228 e. The van der Waals surface area contributed by atoms with Crippen LogP contribution in [0, 0.1) is 5.82 Å². The molecule has 0 atom stereocenters. The van der Waals surface area contributed by atoms with Gasteiger partial charge in [0.2, 0.25) is 5.91 Å². The molecule has 2 aliphatic rings. The Hall–Kier alpha value is -3.74. The Labute approximate surface area is 178 Å². The molecule has 2 aromatic carbocycles. The second-order valence-corrected chi connectivity index (χ2v) is 8.05. The molecule has 6 rings (SSSR count). The van der Waals surface area contributed by atoms with Gasteiger partial charge in [0, 0.05) is 42.3 Å². The van der Waals surface area contributed by atoms with Crippen LogP contribution in [0.15, 0.2) is 54.9 Å². The van der Waals surface area contributed by atoms with Gasteiger partial charge in [-0.1, -0.05) is 6.07 Å². The van der Waals surface area contributed by atoms with Gasteiger partial charge in [0.05, 0.1) is 17.8 Å². The first-order valence-electron chi connectivity index (χ1n) is 10.5. The normalized spacial score (nSPS) is 15.5. The molecule has 0 bridgehead atoms. The second kappa shape index (κ2) is 6.91. The van der Waals surface area contributed by atoms with E-state index in [0.717, 1.165) is 71.2 Å². The molecule has 0 unspecified atom stereocenters. The van der Waals surface area contributed by atoms with Crippen LogP contribution in [0.3, 0.4) is 0 Å². The zero-order chi connectivity index (χ0) is 20.9. The predicted octanol–water partition coefficient (Wildman–Crippen LogP) is 4.30. The highest BCUT2D eigenvalue weighted by atomic mass is 19.1. The Morgan fingerprint density at radius 1 is 1.00 bits per heavy atom. The highest BCUT2D eigenvalue weighted by Crippen LogP contribution is 2.37. The number of fused-ring (bicyclic) bond motifs is 2. The van der Waals surface area contributed by atoms with Crippen molar-refractivity contribution in [3.8, 4) is 22.5 Å². The van der Waals surface area contributed by atoms with Crippen LogP contribution in [0.4, 0.5) is 15.9 Å². The van der Waals surface area contributed by atoms with Gasteiger partial charge in [0.1, 0.15) is 5.82 Å². The Morgan fingerprint density at radius 3 is 2.58 bits per heavy atom. The van der Waals surface area contributed by atoms with E-state index < -0.39 is 0 Å². The molecule has 4 heterocycles. The van der Waals surface area contributed by atoms with Crippen LogP contribution >= 0.6 is 0 Å². The molecule has 1 saturated heterocycles. The summed E-state index contributed by atoms with van der Waals surface area (Å²) in [6, 6.07) is 12.4. The molecule has 1 N–H and O–H groups in total. The van der Waals surface area contributed by atoms with Gasteiger partial charge in [0.15, 0.2) is 11.5 Å². The molecule has 4 aromatic rings. The number of amides is 1. The van der Waals surface area contributed by atoms with E-state index in [2.05, 4.69) is 19.6 Å². The summed E-state index contributed by atoms with van der Waals surface area (Å²) in [7, 11) is 0. The number of hydrogen-bond donors (Lipinski definition) is 1. The summed E-state index contributed by atoms with van der Waals surface area (Å²) < 4.78 is 15.7. The molecule has 154 valence electrons. The van der Waals surface area contributed by atoms with Crippen LogP contribution in [0.25, 0.3) is 28.2 Å². The molecule has 0 radical (unpaired) electrons. The summed E-state index contributed by atoms with van der Waals surface area (Å²) in [5, 5.41) is 2.89. The third kappa shape index (κ3) is 2.96. The van der Waals surface area contributed by atoms with Gasteiger partial charge in [-0.05, 0) is 54.8 Å². The van der Waals surface area contributed by atoms with Crippen molar-refractivity contribution in [2.24, 2.45) is 0 Å². The average Bonchev–Trinajstić information content (AvgIpc) is 3.51.